The number of benzene rings is 1. The highest BCUT2D eigenvalue weighted by Gasteiger charge is 2.27. The van der Waals surface area contributed by atoms with Crippen LogP contribution >= 0.6 is 11.3 Å². The van der Waals surface area contributed by atoms with Crippen LogP contribution in [-0.2, 0) is 11.3 Å². The summed E-state index contributed by atoms with van der Waals surface area (Å²) < 4.78 is 3.14. The minimum absolute atomic E-state index is 0.0470. The van der Waals surface area contributed by atoms with Gasteiger partial charge >= 0.3 is 5.69 Å². The van der Waals surface area contributed by atoms with Gasteiger partial charge in [0.1, 0.15) is 11.2 Å². The van der Waals surface area contributed by atoms with Crippen LogP contribution < -0.4 is 11.2 Å². The van der Waals surface area contributed by atoms with Crippen molar-refractivity contribution >= 4 is 27.5 Å². The van der Waals surface area contributed by atoms with E-state index in [4.69, 9.17) is 0 Å². The predicted molar refractivity (Wildman–Crippen MR) is 116 cm³/mol. The van der Waals surface area contributed by atoms with Crippen molar-refractivity contribution < 1.29 is 4.79 Å². The molecule has 152 valence electrons. The lowest BCUT2D eigenvalue weighted by Gasteiger charge is -2.35. The van der Waals surface area contributed by atoms with Crippen molar-refractivity contribution in [2.75, 3.05) is 6.54 Å². The molecule has 0 N–H and O–H groups in total. The fourth-order valence-corrected chi connectivity index (χ4v) is 5.04. The molecule has 3 heterocycles. The summed E-state index contributed by atoms with van der Waals surface area (Å²) in [5.74, 6) is -0.0550. The number of thiophene rings is 1. The fraction of sp³-hybridized carbons (Fsp3) is 0.409. The molecule has 0 radical (unpaired) electrons. The van der Waals surface area contributed by atoms with Gasteiger partial charge in [-0.05, 0) is 61.7 Å². The van der Waals surface area contributed by atoms with Crippen LogP contribution in [0.1, 0.15) is 38.2 Å². The van der Waals surface area contributed by atoms with E-state index in [2.05, 4.69) is 6.92 Å². The molecule has 1 aromatic carbocycles. The van der Waals surface area contributed by atoms with Gasteiger partial charge in [0.25, 0.3) is 5.56 Å². The molecule has 3 aromatic rings. The van der Waals surface area contributed by atoms with Gasteiger partial charge in [0, 0.05) is 12.6 Å². The Balaban J connectivity index is 1.82. The molecule has 0 bridgehead atoms. The topological polar surface area (TPSA) is 64.3 Å². The molecule has 7 heteroatoms. The summed E-state index contributed by atoms with van der Waals surface area (Å²) in [7, 11) is 0. The van der Waals surface area contributed by atoms with E-state index in [-0.39, 0.29) is 24.1 Å². The molecular formula is C22H25N3O3S. The maximum absolute atomic E-state index is 13.3. The minimum Gasteiger partial charge on any atom is -0.338 e. The first kappa shape index (κ1) is 19.6. The number of hydrogen-bond donors (Lipinski definition) is 0. The van der Waals surface area contributed by atoms with E-state index in [1.165, 1.54) is 20.5 Å². The molecule has 0 spiro atoms. The number of aryl methyl sites for hydroxylation is 1. The van der Waals surface area contributed by atoms with Crippen molar-refractivity contribution in [3.8, 4) is 5.69 Å². The van der Waals surface area contributed by atoms with Crippen molar-refractivity contribution in [1.29, 1.82) is 0 Å². The number of nitrogens with zero attached hydrogens (tertiary/aromatic N) is 3. The van der Waals surface area contributed by atoms with Crippen LogP contribution in [0.4, 0.5) is 0 Å². The molecule has 1 aliphatic heterocycles. The van der Waals surface area contributed by atoms with Gasteiger partial charge in [0.05, 0.1) is 11.2 Å². The van der Waals surface area contributed by atoms with Gasteiger partial charge in [-0.1, -0.05) is 19.1 Å². The molecule has 1 saturated heterocycles. The predicted octanol–water partition coefficient (Wildman–Crippen LogP) is 3.31. The van der Waals surface area contributed by atoms with Crippen molar-refractivity contribution in [3.05, 3.63) is 62.1 Å². The van der Waals surface area contributed by atoms with Crippen molar-refractivity contribution in [2.24, 2.45) is 0 Å². The number of amides is 1. The number of likely N-dealkylation sites (tertiary alicyclic amines) is 1. The number of piperidine rings is 1. The lowest BCUT2D eigenvalue weighted by molar-refractivity contribution is -0.135. The number of carbonyl (C=O) groups is 1. The first-order valence-corrected chi connectivity index (χ1v) is 11.0. The van der Waals surface area contributed by atoms with Gasteiger partial charge < -0.3 is 4.90 Å². The molecule has 1 aliphatic rings. The normalized spacial score (nSPS) is 17.0. The van der Waals surface area contributed by atoms with Crippen LogP contribution in [0.3, 0.4) is 0 Å². The van der Waals surface area contributed by atoms with Gasteiger partial charge in [0.15, 0.2) is 0 Å². The zero-order chi connectivity index (χ0) is 20.5. The number of aromatic nitrogens is 2. The molecule has 29 heavy (non-hydrogen) atoms. The smallest absolute Gasteiger partial charge is 0.336 e. The molecule has 1 amide bonds. The van der Waals surface area contributed by atoms with E-state index < -0.39 is 5.69 Å². The molecule has 1 fully saturated rings. The average Bonchev–Trinajstić information content (AvgIpc) is 3.21. The molecule has 0 saturated carbocycles. The maximum atomic E-state index is 13.3. The summed E-state index contributed by atoms with van der Waals surface area (Å²) in [6.45, 7) is 4.70. The zero-order valence-electron chi connectivity index (χ0n) is 16.8. The van der Waals surface area contributed by atoms with Crippen molar-refractivity contribution in [2.45, 2.75) is 52.1 Å². The third-order valence-electron chi connectivity index (χ3n) is 5.73. The first-order chi connectivity index (χ1) is 14.0. The molecule has 4 rings (SSSR count). The minimum atomic E-state index is -0.468. The summed E-state index contributed by atoms with van der Waals surface area (Å²) in [5.41, 5.74) is 1.22. The van der Waals surface area contributed by atoms with Gasteiger partial charge in [-0.2, -0.15) is 0 Å². The first-order valence-electron chi connectivity index (χ1n) is 10.1. The van der Waals surface area contributed by atoms with Crippen molar-refractivity contribution in [1.82, 2.24) is 14.0 Å². The third-order valence-corrected chi connectivity index (χ3v) is 6.62. The Morgan fingerprint density at radius 1 is 1.21 bits per heavy atom. The van der Waals surface area contributed by atoms with Crippen LogP contribution in [0.5, 0.6) is 0 Å². The Morgan fingerprint density at radius 2 is 2.03 bits per heavy atom. The Hall–Kier alpha value is -2.67. The summed E-state index contributed by atoms with van der Waals surface area (Å²) in [5, 5.41) is 1.79. The van der Waals surface area contributed by atoms with Crippen LogP contribution in [0.2, 0.25) is 0 Å². The molecule has 1 atom stereocenters. The van der Waals surface area contributed by atoms with E-state index in [0.29, 0.717) is 15.9 Å². The Bertz CT molecular complexity index is 1170. The highest BCUT2D eigenvalue weighted by molar-refractivity contribution is 7.17. The van der Waals surface area contributed by atoms with Crippen LogP contribution in [0.15, 0.2) is 45.3 Å². The maximum Gasteiger partial charge on any atom is 0.336 e. The quantitative estimate of drug-likeness (QED) is 0.662. The summed E-state index contributed by atoms with van der Waals surface area (Å²) >= 11 is 1.30. The Labute approximate surface area is 173 Å². The Kier molecular flexibility index (Phi) is 5.41. The number of fused-ring (bicyclic) bond motifs is 1. The number of carbonyl (C=O) groups excluding carboxylic acids is 1. The van der Waals surface area contributed by atoms with Crippen LogP contribution in [-0.4, -0.2) is 32.5 Å². The number of rotatable bonds is 4. The van der Waals surface area contributed by atoms with Gasteiger partial charge in [-0.15, -0.1) is 11.3 Å². The van der Waals surface area contributed by atoms with E-state index >= 15 is 0 Å². The van der Waals surface area contributed by atoms with E-state index in [1.807, 2.05) is 30.0 Å². The van der Waals surface area contributed by atoms with Gasteiger partial charge in [0.2, 0.25) is 5.91 Å². The summed E-state index contributed by atoms with van der Waals surface area (Å²) in [6, 6.07) is 9.29. The largest absolute Gasteiger partial charge is 0.338 e. The lowest BCUT2D eigenvalue weighted by Crippen LogP contribution is -2.47. The van der Waals surface area contributed by atoms with Crippen LogP contribution in [0, 0.1) is 6.92 Å². The highest BCUT2D eigenvalue weighted by atomic mass is 32.1. The van der Waals surface area contributed by atoms with E-state index in [1.54, 1.807) is 17.5 Å². The zero-order valence-corrected chi connectivity index (χ0v) is 17.6. The number of hydrogen-bond acceptors (Lipinski definition) is 4. The molecule has 2 aromatic heterocycles. The molecule has 1 unspecified atom stereocenters. The monoisotopic (exact) mass is 411 g/mol. The highest BCUT2D eigenvalue weighted by Crippen LogP contribution is 2.21. The SMILES string of the molecule is CCC1CCCCN1C(=O)Cn1c(=O)n(-c2cccc(C)c2)c(=O)c2sccc21. The molecule has 6 nitrogen and oxygen atoms in total. The lowest BCUT2D eigenvalue weighted by atomic mass is 10.00. The second-order valence-corrected chi connectivity index (χ2v) is 8.54. The van der Waals surface area contributed by atoms with Gasteiger partial charge in [-0.25, -0.2) is 9.36 Å². The van der Waals surface area contributed by atoms with Crippen molar-refractivity contribution in [3.63, 3.8) is 0 Å². The molecule has 0 aliphatic carbocycles. The van der Waals surface area contributed by atoms with Gasteiger partial charge in [-0.3, -0.25) is 14.2 Å². The standard InChI is InChI=1S/C22H25N3O3S/c1-3-16-8-4-5-11-23(16)19(26)14-24-18-10-12-29-20(18)21(27)25(22(24)28)17-9-6-7-15(2)13-17/h6-7,9-10,12-13,16H,3-5,8,11,14H2,1-2H3. The second-order valence-electron chi connectivity index (χ2n) is 7.63. The summed E-state index contributed by atoms with van der Waals surface area (Å²) in [4.78, 5) is 41.4. The third kappa shape index (κ3) is 3.55. The summed E-state index contributed by atoms with van der Waals surface area (Å²) in [6.07, 6.45) is 4.05. The van der Waals surface area contributed by atoms with E-state index in [9.17, 15) is 14.4 Å². The average molecular weight is 412 g/mol. The second kappa shape index (κ2) is 7.99. The Morgan fingerprint density at radius 3 is 2.79 bits per heavy atom. The van der Waals surface area contributed by atoms with E-state index in [0.717, 1.165) is 37.8 Å². The van der Waals surface area contributed by atoms with Crippen LogP contribution in [0.25, 0.3) is 15.9 Å². The molecular weight excluding hydrogens is 386 g/mol. The fourth-order valence-electron chi connectivity index (χ4n) is 4.21.